The average Bonchev–Trinajstić information content (AvgIpc) is 2.53. The molecule has 2 unspecified atom stereocenters. The van der Waals surface area contributed by atoms with Gasteiger partial charge >= 0.3 is 0 Å². The first-order valence-electron chi connectivity index (χ1n) is 7.48. The molecular weight excluding hydrogens is 295 g/mol. The molecule has 122 valence electrons. The molecule has 2 aromatic rings. The maximum Gasteiger partial charge on any atom is 0.234 e. The number of nitrogens with one attached hydrogen (secondary N) is 1. The fourth-order valence-electron chi connectivity index (χ4n) is 2.20. The Kier molecular flexibility index (Phi) is 5.71. The summed E-state index contributed by atoms with van der Waals surface area (Å²) in [5.74, 6) is 0.0463. The summed E-state index contributed by atoms with van der Waals surface area (Å²) < 4.78 is 18.7. The quantitative estimate of drug-likeness (QED) is 0.825. The van der Waals surface area contributed by atoms with Crippen molar-refractivity contribution in [2.75, 3.05) is 0 Å². The van der Waals surface area contributed by atoms with Gasteiger partial charge < -0.3 is 10.5 Å². The Bertz CT molecular complexity index is 658. The van der Waals surface area contributed by atoms with E-state index in [2.05, 4.69) is 5.32 Å². The van der Waals surface area contributed by atoms with Crippen molar-refractivity contribution in [2.45, 2.75) is 32.5 Å². The summed E-state index contributed by atoms with van der Waals surface area (Å²) >= 11 is 0. The van der Waals surface area contributed by atoms with Crippen molar-refractivity contribution in [3.05, 3.63) is 65.5 Å². The SMILES string of the molecule is CC(NC(C)c1ccc(OCc2cccc(F)c2)cc1)C(N)=O. The summed E-state index contributed by atoms with van der Waals surface area (Å²) in [5.41, 5.74) is 7.05. The minimum absolute atomic E-state index is 0.00484. The van der Waals surface area contributed by atoms with Crippen LogP contribution >= 0.6 is 0 Å². The van der Waals surface area contributed by atoms with Crippen LogP contribution in [0, 0.1) is 5.82 Å². The number of benzene rings is 2. The second kappa shape index (κ2) is 7.74. The molecule has 2 atom stereocenters. The van der Waals surface area contributed by atoms with Gasteiger partial charge in [-0.2, -0.15) is 0 Å². The first-order chi connectivity index (χ1) is 11.0. The zero-order chi connectivity index (χ0) is 16.8. The van der Waals surface area contributed by atoms with Crippen LogP contribution in [0.15, 0.2) is 48.5 Å². The molecular formula is C18H21FN2O2. The number of hydrogen-bond acceptors (Lipinski definition) is 3. The Hall–Kier alpha value is -2.40. The molecule has 0 aromatic heterocycles. The summed E-state index contributed by atoms with van der Waals surface area (Å²) in [6.07, 6.45) is 0. The molecule has 0 aliphatic rings. The maximum atomic E-state index is 13.1. The molecule has 0 saturated heterocycles. The van der Waals surface area contributed by atoms with Crippen molar-refractivity contribution in [2.24, 2.45) is 5.73 Å². The third kappa shape index (κ3) is 5.07. The third-order valence-electron chi connectivity index (χ3n) is 3.60. The molecule has 0 heterocycles. The van der Waals surface area contributed by atoms with Crippen molar-refractivity contribution in [1.82, 2.24) is 5.32 Å². The molecule has 5 heteroatoms. The molecule has 2 rings (SSSR count). The van der Waals surface area contributed by atoms with Crippen LogP contribution in [-0.2, 0) is 11.4 Å². The Labute approximate surface area is 135 Å². The Balaban J connectivity index is 1.92. The van der Waals surface area contributed by atoms with Gasteiger partial charge in [0, 0.05) is 6.04 Å². The molecule has 0 bridgehead atoms. The van der Waals surface area contributed by atoms with E-state index >= 15 is 0 Å². The predicted molar refractivity (Wildman–Crippen MR) is 87.4 cm³/mol. The highest BCUT2D eigenvalue weighted by Gasteiger charge is 2.13. The maximum absolute atomic E-state index is 13.1. The van der Waals surface area contributed by atoms with Crippen LogP contribution in [0.3, 0.4) is 0 Å². The smallest absolute Gasteiger partial charge is 0.234 e. The van der Waals surface area contributed by atoms with E-state index in [9.17, 15) is 9.18 Å². The topological polar surface area (TPSA) is 64.3 Å². The lowest BCUT2D eigenvalue weighted by Crippen LogP contribution is -2.39. The zero-order valence-electron chi connectivity index (χ0n) is 13.3. The van der Waals surface area contributed by atoms with Gasteiger partial charge in [0.2, 0.25) is 5.91 Å². The number of amides is 1. The molecule has 0 aliphatic carbocycles. The van der Waals surface area contributed by atoms with E-state index in [0.29, 0.717) is 12.4 Å². The minimum Gasteiger partial charge on any atom is -0.489 e. The van der Waals surface area contributed by atoms with Crippen molar-refractivity contribution in [3.63, 3.8) is 0 Å². The van der Waals surface area contributed by atoms with Crippen LogP contribution in [0.2, 0.25) is 0 Å². The molecule has 23 heavy (non-hydrogen) atoms. The first kappa shape index (κ1) is 17.0. The van der Waals surface area contributed by atoms with E-state index in [-0.39, 0.29) is 17.8 Å². The summed E-state index contributed by atoms with van der Waals surface area (Å²) in [6.45, 7) is 4.00. The highest BCUT2D eigenvalue weighted by atomic mass is 19.1. The average molecular weight is 316 g/mol. The molecule has 0 radical (unpaired) electrons. The van der Waals surface area contributed by atoms with Crippen molar-refractivity contribution in [1.29, 1.82) is 0 Å². The number of nitrogens with two attached hydrogens (primary N) is 1. The highest BCUT2D eigenvalue weighted by Crippen LogP contribution is 2.19. The standard InChI is InChI=1S/C18H21FN2O2/c1-12(21-13(2)18(20)22)15-6-8-17(9-7-15)23-11-14-4-3-5-16(19)10-14/h3-10,12-13,21H,11H2,1-2H3,(H2,20,22). The van der Waals surface area contributed by atoms with Gasteiger partial charge in [0.15, 0.2) is 0 Å². The van der Waals surface area contributed by atoms with E-state index < -0.39 is 6.04 Å². The number of carbonyl (C=O) groups is 1. The Morgan fingerprint density at radius 1 is 1.22 bits per heavy atom. The molecule has 0 spiro atoms. The van der Waals surface area contributed by atoms with Gasteiger partial charge in [0.1, 0.15) is 18.2 Å². The van der Waals surface area contributed by atoms with E-state index in [0.717, 1.165) is 11.1 Å². The molecule has 2 aromatic carbocycles. The lowest BCUT2D eigenvalue weighted by atomic mass is 10.1. The van der Waals surface area contributed by atoms with Gasteiger partial charge in [-0.05, 0) is 49.2 Å². The van der Waals surface area contributed by atoms with Gasteiger partial charge in [0.25, 0.3) is 0 Å². The van der Waals surface area contributed by atoms with E-state index in [1.807, 2.05) is 37.3 Å². The van der Waals surface area contributed by atoms with Crippen LogP contribution in [0.4, 0.5) is 4.39 Å². The van der Waals surface area contributed by atoms with E-state index in [4.69, 9.17) is 10.5 Å². The van der Waals surface area contributed by atoms with Gasteiger partial charge in [0.05, 0.1) is 6.04 Å². The van der Waals surface area contributed by atoms with Crippen molar-refractivity contribution < 1.29 is 13.9 Å². The number of halogens is 1. The number of carbonyl (C=O) groups excluding carboxylic acids is 1. The molecule has 4 nitrogen and oxygen atoms in total. The Morgan fingerprint density at radius 3 is 2.52 bits per heavy atom. The highest BCUT2D eigenvalue weighted by molar-refractivity contribution is 5.79. The number of primary amides is 1. The second-order valence-electron chi connectivity index (χ2n) is 5.50. The summed E-state index contributed by atoms with van der Waals surface area (Å²) in [7, 11) is 0. The predicted octanol–water partition coefficient (Wildman–Crippen LogP) is 2.93. The summed E-state index contributed by atoms with van der Waals surface area (Å²) in [5, 5.41) is 3.12. The molecule has 0 aliphatic heterocycles. The van der Waals surface area contributed by atoms with Crippen LogP contribution in [0.1, 0.15) is 31.0 Å². The fraction of sp³-hybridized carbons (Fsp3) is 0.278. The van der Waals surface area contributed by atoms with Gasteiger partial charge in [-0.1, -0.05) is 24.3 Å². The van der Waals surface area contributed by atoms with E-state index in [1.165, 1.54) is 12.1 Å². The second-order valence-corrected chi connectivity index (χ2v) is 5.50. The zero-order valence-corrected chi connectivity index (χ0v) is 13.3. The molecule has 1 amide bonds. The number of hydrogen-bond donors (Lipinski definition) is 2. The van der Waals surface area contributed by atoms with Crippen molar-refractivity contribution in [3.8, 4) is 5.75 Å². The van der Waals surface area contributed by atoms with Crippen LogP contribution in [0.5, 0.6) is 5.75 Å². The molecule has 0 saturated carbocycles. The lowest BCUT2D eigenvalue weighted by Gasteiger charge is -2.18. The van der Waals surface area contributed by atoms with Crippen LogP contribution < -0.4 is 15.8 Å². The normalized spacial score (nSPS) is 13.3. The molecule has 3 N–H and O–H groups in total. The largest absolute Gasteiger partial charge is 0.489 e. The van der Waals surface area contributed by atoms with Crippen LogP contribution in [-0.4, -0.2) is 11.9 Å². The first-order valence-corrected chi connectivity index (χ1v) is 7.48. The summed E-state index contributed by atoms with van der Waals surface area (Å²) in [6, 6.07) is 13.5. The number of ether oxygens (including phenoxy) is 1. The monoisotopic (exact) mass is 316 g/mol. The number of rotatable bonds is 7. The van der Waals surface area contributed by atoms with Gasteiger partial charge in [-0.15, -0.1) is 0 Å². The third-order valence-corrected chi connectivity index (χ3v) is 3.60. The Morgan fingerprint density at radius 2 is 1.91 bits per heavy atom. The van der Waals surface area contributed by atoms with Crippen molar-refractivity contribution >= 4 is 5.91 Å². The van der Waals surface area contributed by atoms with E-state index in [1.54, 1.807) is 13.0 Å². The van der Waals surface area contributed by atoms with Gasteiger partial charge in [-0.25, -0.2) is 4.39 Å². The lowest BCUT2D eigenvalue weighted by molar-refractivity contribution is -0.119. The summed E-state index contributed by atoms with van der Waals surface area (Å²) in [4.78, 5) is 11.1. The molecule has 0 fully saturated rings. The van der Waals surface area contributed by atoms with Crippen LogP contribution in [0.25, 0.3) is 0 Å². The fourth-order valence-corrected chi connectivity index (χ4v) is 2.20. The van der Waals surface area contributed by atoms with Gasteiger partial charge in [-0.3, -0.25) is 10.1 Å². The minimum atomic E-state index is -0.395.